The highest BCUT2D eigenvalue weighted by Gasteiger charge is 2.18. The van der Waals surface area contributed by atoms with Crippen LogP contribution in [0.3, 0.4) is 0 Å². The predicted molar refractivity (Wildman–Crippen MR) is 127 cm³/mol. The summed E-state index contributed by atoms with van der Waals surface area (Å²) >= 11 is 1.26. The Hall–Kier alpha value is -3.26. The van der Waals surface area contributed by atoms with Gasteiger partial charge in [0.05, 0.1) is 19.4 Å². The van der Waals surface area contributed by atoms with Gasteiger partial charge in [0.15, 0.2) is 0 Å². The zero-order valence-corrected chi connectivity index (χ0v) is 18.5. The van der Waals surface area contributed by atoms with Crippen molar-refractivity contribution in [3.8, 4) is 11.5 Å². The Morgan fingerprint density at radius 2 is 1.90 bits per heavy atom. The highest BCUT2D eigenvalue weighted by Crippen LogP contribution is 2.20. The number of nitrogens with zero attached hydrogens (tertiary/aromatic N) is 3. The summed E-state index contributed by atoms with van der Waals surface area (Å²) in [5, 5.41) is 9.62. The Bertz CT molecular complexity index is 956. The van der Waals surface area contributed by atoms with Crippen LogP contribution in [0.15, 0.2) is 71.3 Å². The first kappa shape index (κ1) is 22.4. The molecule has 7 nitrogen and oxygen atoms in total. The summed E-state index contributed by atoms with van der Waals surface area (Å²) in [4.78, 5) is 16.8. The van der Waals surface area contributed by atoms with Crippen LogP contribution in [0.4, 0.5) is 5.69 Å². The number of aliphatic imine (C=N–C) groups is 1. The molecule has 0 fully saturated rings. The largest absolute Gasteiger partial charge is 0.497 e. The third-order valence-electron chi connectivity index (χ3n) is 4.38. The van der Waals surface area contributed by atoms with Gasteiger partial charge in [0.2, 0.25) is 17.0 Å². The van der Waals surface area contributed by atoms with Gasteiger partial charge in [-0.3, -0.25) is 9.80 Å². The first-order valence-electron chi connectivity index (χ1n) is 9.95. The Kier molecular flexibility index (Phi) is 8.12. The van der Waals surface area contributed by atoms with E-state index in [1.807, 2.05) is 48.5 Å². The molecule has 0 saturated heterocycles. The number of amides is 1. The minimum Gasteiger partial charge on any atom is -0.497 e. The van der Waals surface area contributed by atoms with Crippen LogP contribution < -0.4 is 14.8 Å². The molecule has 0 bridgehead atoms. The number of amidine groups is 1. The van der Waals surface area contributed by atoms with Gasteiger partial charge in [-0.25, -0.2) is 0 Å². The lowest BCUT2D eigenvalue weighted by Crippen LogP contribution is -2.33. The highest BCUT2D eigenvalue weighted by molar-refractivity contribution is 8.14. The minimum atomic E-state index is -0.120. The lowest BCUT2D eigenvalue weighted by Gasteiger charge is -2.23. The second-order valence-corrected chi connectivity index (χ2v) is 7.63. The Labute approximate surface area is 186 Å². The summed E-state index contributed by atoms with van der Waals surface area (Å²) in [6, 6.07) is 15.1. The van der Waals surface area contributed by atoms with Gasteiger partial charge in [0, 0.05) is 5.69 Å². The van der Waals surface area contributed by atoms with E-state index in [2.05, 4.69) is 28.9 Å². The van der Waals surface area contributed by atoms with Crippen LogP contribution in [-0.2, 0) is 11.2 Å². The second-order valence-electron chi connectivity index (χ2n) is 6.69. The smallest absolute Gasteiger partial charge is 0.234 e. The fraction of sp³-hybridized carbons (Fsp3) is 0.261. The zero-order chi connectivity index (χ0) is 22.1. The number of methoxy groups -OCH3 is 1. The molecule has 162 valence electrons. The number of benzene rings is 2. The van der Waals surface area contributed by atoms with Gasteiger partial charge in [-0.1, -0.05) is 36.9 Å². The fourth-order valence-corrected chi connectivity index (χ4v) is 3.45. The molecule has 1 heterocycles. The minimum absolute atomic E-state index is 0.120. The molecule has 0 saturated carbocycles. The normalized spacial score (nSPS) is 13.2. The van der Waals surface area contributed by atoms with Crippen LogP contribution in [0.2, 0.25) is 0 Å². The van der Waals surface area contributed by atoms with Crippen molar-refractivity contribution >= 4 is 34.4 Å². The van der Waals surface area contributed by atoms with Crippen molar-refractivity contribution in [3.05, 3.63) is 66.7 Å². The summed E-state index contributed by atoms with van der Waals surface area (Å²) in [5.41, 5.74) is 2.00. The topological polar surface area (TPSA) is 75.5 Å². The number of ether oxygens (including phenoxy) is 2. The Balaban J connectivity index is 1.61. The van der Waals surface area contributed by atoms with Crippen molar-refractivity contribution in [2.75, 3.05) is 31.3 Å². The van der Waals surface area contributed by atoms with E-state index in [4.69, 9.17) is 9.47 Å². The molecule has 0 radical (unpaired) electrons. The SMILES string of the molecule is C=CCN1CC(Oc2ccc(OC)cc2)=NC(SCC(=O)Nc2ccc(CC)cc2)=N1. The molecule has 3 rings (SSSR count). The van der Waals surface area contributed by atoms with E-state index in [0.717, 1.165) is 17.9 Å². The molecule has 1 aliphatic heterocycles. The first-order chi connectivity index (χ1) is 15.1. The molecule has 8 heteroatoms. The van der Waals surface area contributed by atoms with E-state index in [1.54, 1.807) is 18.2 Å². The number of thioether (sulfide) groups is 1. The fourth-order valence-electron chi connectivity index (χ4n) is 2.78. The Morgan fingerprint density at radius 3 is 2.55 bits per heavy atom. The lowest BCUT2D eigenvalue weighted by molar-refractivity contribution is -0.113. The molecular weight excluding hydrogens is 412 g/mol. The summed E-state index contributed by atoms with van der Waals surface area (Å²) in [6.45, 7) is 6.82. The number of hydrogen-bond donors (Lipinski definition) is 1. The number of carbonyl (C=O) groups is 1. The predicted octanol–water partition coefficient (Wildman–Crippen LogP) is 4.18. The molecule has 1 N–H and O–H groups in total. The maximum Gasteiger partial charge on any atom is 0.234 e. The van der Waals surface area contributed by atoms with Gasteiger partial charge in [-0.05, 0) is 48.4 Å². The third kappa shape index (κ3) is 6.89. The van der Waals surface area contributed by atoms with E-state index >= 15 is 0 Å². The maximum absolute atomic E-state index is 12.3. The number of rotatable bonds is 8. The number of hydrogen-bond acceptors (Lipinski definition) is 7. The van der Waals surface area contributed by atoms with Crippen LogP contribution in [-0.4, -0.2) is 47.9 Å². The average molecular weight is 439 g/mol. The van der Waals surface area contributed by atoms with Gasteiger partial charge in [0.1, 0.15) is 18.0 Å². The van der Waals surface area contributed by atoms with Gasteiger partial charge in [0.25, 0.3) is 0 Å². The molecular formula is C23H26N4O3S. The number of nitrogens with one attached hydrogen (secondary N) is 1. The number of aryl methyl sites for hydroxylation is 1. The standard InChI is InChI=1S/C23H26N4O3S/c1-4-14-27-15-22(30-20-12-10-19(29-3)11-13-20)25-23(26-27)31-16-21(28)24-18-8-6-17(5-2)7-9-18/h4,6-13H,1,5,14-16H2,2-3H3,(H,24,28). The van der Waals surface area contributed by atoms with Crippen LogP contribution in [0.25, 0.3) is 0 Å². The van der Waals surface area contributed by atoms with Crippen molar-refractivity contribution < 1.29 is 14.3 Å². The Morgan fingerprint density at radius 1 is 1.19 bits per heavy atom. The van der Waals surface area contributed by atoms with Crippen LogP contribution >= 0.6 is 11.8 Å². The quantitative estimate of drug-likeness (QED) is 0.626. The molecule has 0 aromatic heterocycles. The number of carbonyl (C=O) groups excluding carboxylic acids is 1. The maximum atomic E-state index is 12.3. The third-order valence-corrected chi connectivity index (χ3v) is 5.22. The van der Waals surface area contributed by atoms with Crippen LogP contribution in [0, 0.1) is 0 Å². The second kappa shape index (κ2) is 11.2. The van der Waals surface area contributed by atoms with Crippen molar-refractivity contribution in [1.82, 2.24) is 5.01 Å². The van der Waals surface area contributed by atoms with Gasteiger partial charge >= 0.3 is 0 Å². The van der Waals surface area contributed by atoms with Crippen LogP contribution in [0.5, 0.6) is 11.5 Å². The monoisotopic (exact) mass is 438 g/mol. The molecule has 0 atom stereocenters. The van der Waals surface area contributed by atoms with Gasteiger partial charge in [-0.2, -0.15) is 4.99 Å². The summed E-state index contributed by atoms with van der Waals surface area (Å²) in [5.74, 6) is 1.97. The molecule has 0 aliphatic carbocycles. The molecule has 0 spiro atoms. The van der Waals surface area contributed by atoms with Crippen molar-refractivity contribution in [1.29, 1.82) is 0 Å². The average Bonchev–Trinajstić information content (AvgIpc) is 2.79. The molecule has 1 aliphatic rings. The molecule has 31 heavy (non-hydrogen) atoms. The molecule has 0 unspecified atom stereocenters. The summed E-state index contributed by atoms with van der Waals surface area (Å²) < 4.78 is 11.1. The van der Waals surface area contributed by atoms with E-state index in [9.17, 15) is 4.79 Å². The van der Waals surface area contributed by atoms with Gasteiger partial charge < -0.3 is 14.8 Å². The van der Waals surface area contributed by atoms with E-state index in [-0.39, 0.29) is 11.7 Å². The lowest BCUT2D eigenvalue weighted by atomic mass is 10.1. The van der Waals surface area contributed by atoms with Crippen molar-refractivity contribution in [2.24, 2.45) is 10.1 Å². The number of hydrazone groups is 1. The molecule has 2 aromatic rings. The van der Waals surface area contributed by atoms with Gasteiger partial charge in [-0.15, -0.1) is 11.7 Å². The van der Waals surface area contributed by atoms with E-state index in [0.29, 0.717) is 29.9 Å². The van der Waals surface area contributed by atoms with E-state index < -0.39 is 0 Å². The summed E-state index contributed by atoms with van der Waals surface area (Å²) in [6.07, 6.45) is 2.72. The zero-order valence-electron chi connectivity index (χ0n) is 17.7. The first-order valence-corrected chi connectivity index (χ1v) is 10.9. The molecule has 2 aromatic carbocycles. The highest BCUT2D eigenvalue weighted by atomic mass is 32.2. The molecule has 1 amide bonds. The number of anilines is 1. The summed E-state index contributed by atoms with van der Waals surface area (Å²) in [7, 11) is 1.62. The van der Waals surface area contributed by atoms with Crippen molar-refractivity contribution in [2.45, 2.75) is 13.3 Å². The van der Waals surface area contributed by atoms with E-state index in [1.165, 1.54) is 17.3 Å². The van der Waals surface area contributed by atoms with Crippen LogP contribution in [0.1, 0.15) is 12.5 Å². The van der Waals surface area contributed by atoms with Crippen molar-refractivity contribution in [3.63, 3.8) is 0 Å².